The predicted octanol–water partition coefficient (Wildman–Crippen LogP) is 2.79. The number of nitrogens with one attached hydrogen (secondary N) is 2. The monoisotopic (exact) mass is 283 g/mol. The Kier molecular flexibility index (Phi) is 4.23. The highest BCUT2D eigenvalue weighted by Gasteiger charge is 2.07. The number of rotatable bonds is 3. The molecule has 0 radical (unpaired) electrons. The Bertz CT molecular complexity index is 658. The summed E-state index contributed by atoms with van der Waals surface area (Å²) in [6, 6.07) is 12.1. The van der Waals surface area contributed by atoms with E-state index >= 15 is 0 Å². The molecule has 0 saturated carbocycles. The first-order valence-corrected chi connectivity index (χ1v) is 6.50. The highest BCUT2D eigenvalue weighted by Crippen LogP contribution is 2.16. The molecule has 0 aromatic heterocycles. The average molecular weight is 283 g/mol. The lowest BCUT2D eigenvalue weighted by Gasteiger charge is -2.08. The van der Waals surface area contributed by atoms with E-state index in [-0.39, 0.29) is 11.8 Å². The van der Waals surface area contributed by atoms with Crippen LogP contribution in [0, 0.1) is 6.92 Å². The second-order valence-electron chi connectivity index (χ2n) is 4.85. The summed E-state index contributed by atoms with van der Waals surface area (Å²) in [7, 11) is 0. The third kappa shape index (κ3) is 4.07. The van der Waals surface area contributed by atoms with Gasteiger partial charge >= 0.3 is 0 Å². The molecule has 2 aromatic rings. The lowest BCUT2D eigenvalue weighted by Crippen LogP contribution is -2.12. The summed E-state index contributed by atoms with van der Waals surface area (Å²) in [5.41, 5.74) is 9.07. The fourth-order valence-corrected chi connectivity index (χ4v) is 1.99. The molecular formula is C16H17N3O2. The van der Waals surface area contributed by atoms with Crippen LogP contribution in [0.4, 0.5) is 17.1 Å². The van der Waals surface area contributed by atoms with Crippen LogP contribution in [-0.2, 0) is 4.79 Å². The lowest BCUT2D eigenvalue weighted by molar-refractivity contribution is -0.114. The summed E-state index contributed by atoms with van der Waals surface area (Å²) >= 11 is 0. The Morgan fingerprint density at radius 2 is 1.52 bits per heavy atom. The second kappa shape index (κ2) is 6.09. The number of carbonyl (C=O) groups is 2. The molecular weight excluding hydrogens is 266 g/mol. The number of nitrogen functional groups attached to an aromatic ring is 1. The van der Waals surface area contributed by atoms with E-state index in [0.29, 0.717) is 22.6 Å². The van der Waals surface area contributed by atoms with Crippen LogP contribution in [0.3, 0.4) is 0 Å². The molecule has 0 spiro atoms. The normalized spacial score (nSPS) is 10.0. The van der Waals surface area contributed by atoms with Gasteiger partial charge in [0.05, 0.1) is 0 Å². The van der Waals surface area contributed by atoms with Crippen LogP contribution in [0.25, 0.3) is 0 Å². The van der Waals surface area contributed by atoms with E-state index < -0.39 is 0 Å². The van der Waals surface area contributed by atoms with Crippen molar-refractivity contribution in [1.29, 1.82) is 0 Å². The van der Waals surface area contributed by atoms with Crippen molar-refractivity contribution < 1.29 is 9.59 Å². The molecule has 4 N–H and O–H groups in total. The van der Waals surface area contributed by atoms with Gasteiger partial charge in [-0.2, -0.15) is 0 Å². The highest BCUT2D eigenvalue weighted by atomic mass is 16.2. The minimum Gasteiger partial charge on any atom is -0.399 e. The van der Waals surface area contributed by atoms with Crippen LogP contribution in [-0.4, -0.2) is 11.8 Å². The zero-order valence-corrected chi connectivity index (χ0v) is 11.9. The third-order valence-electron chi connectivity index (χ3n) is 2.83. The first-order chi connectivity index (χ1) is 9.94. The molecule has 5 heteroatoms. The molecule has 0 bridgehead atoms. The number of benzene rings is 2. The summed E-state index contributed by atoms with van der Waals surface area (Å²) in [6.07, 6.45) is 0. The summed E-state index contributed by atoms with van der Waals surface area (Å²) < 4.78 is 0. The summed E-state index contributed by atoms with van der Waals surface area (Å²) in [6.45, 7) is 3.33. The van der Waals surface area contributed by atoms with Gasteiger partial charge in [-0.05, 0) is 55.0 Å². The number of hydrogen-bond donors (Lipinski definition) is 3. The van der Waals surface area contributed by atoms with Crippen LogP contribution in [0.1, 0.15) is 22.8 Å². The molecule has 21 heavy (non-hydrogen) atoms. The molecule has 2 amide bonds. The van der Waals surface area contributed by atoms with Crippen molar-refractivity contribution in [3.8, 4) is 0 Å². The maximum atomic E-state index is 12.1. The zero-order chi connectivity index (χ0) is 15.4. The Morgan fingerprint density at radius 3 is 2.05 bits per heavy atom. The molecule has 0 fully saturated rings. The van der Waals surface area contributed by atoms with E-state index in [1.165, 1.54) is 6.92 Å². The number of nitrogens with two attached hydrogens (primary N) is 1. The van der Waals surface area contributed by atoms with Gasteiger partial charge in [-0.25, -0.2) is 0 Å². The molecule has 0 aliphatic rings. The van der Waals surface area contributed by atoms with Crippen LogP contribution in [0.15, 0.2) is 42.5 Å². The molecule has 0 unspecified atom stereocenters. The molecule has 5 nitrogen and oxygen atoms in total. The van der Waals surface area contributed by atoms with Gasteiger partial charge in [-0.15, -0.1) is 0 Å². The lowest BCUT2D eigenvalue weighted by atomic mass is 10.1. The van der Waals surface area contributed by atoms with Crippen LogP contribution in [0.5, 0.6) is 0 Å². The fourth-order valence-electron chi connectivity index (χ4n) is 1.99. The smallest absolute Gasteiger partial charge is 0.255 e. The number of anilines is 3. The van der Waals surface area contributed by atoms with E-state index in [1.54, 1.807) is 42.5 Å². The van der Waals surface area contributed by atoms with E-state index in [1.807, 2.05) is 6.92 Å². The molecule has 0 saturated heterocycles. The SMILES string of the molecule is CC(=O)Nc1ccc(NC(=O)c2cc(C)cc(N)c2)cc1. The van der Waals surface area contributed by atoms with Gasteiger partial charge in [0.15, 0.2) is 0 Å². The maximum Gasteiger partial charge on any atom is 0.255 e. The van der Waals surface area contributed by atoms with Crippen molar-refractivity contribution in [2.45, 2.75) is 13.8 Å². The summed E-state index contributed by atoms with van der Waals surface area (Å²) in [4.78, 5) is 23.1. The van der Waals surface area contributed by atoms with Gasteiger partial charge in [0.1, 0.15) is 0 Å². The predicted molar refractivity (Wildman–Crippen MR) is 84.3 cm³/mol. The molecule has 2 aromatic carbocycles. The fraction of sp³-hybridized carbons (Fsp3) is 0.125. The third-order valence-corrected chi connectivity index (χ3v) is 2.83. The van der Waals surface area contributed by atoms with E-state index in [4.69, 9.17) is 5.73 Å². The minimum atomic E-state index is -0.224. The maximum absolute atomic E-state index is 12.1. The van der Waals surface area contributed by atoms with Crippen molar-refractivity contribution in [2.24, 2.45) is 0 Å². The molecule has 0 aliphatic heterocycles. The van der Waals surface area contributed by atoms with Crippen LogP contribution in [0.2, 0.25) is 0 Å². The van der Waals surface area contributed by atoms with Gasteiger partial charge in [-0.3, -0.25) is 9.59 Å². The van der Waals surface area contributed by atoms with E-state index in [2.05, 4.69) is 10.6 Å². The Hall–Kier alpha value is -2.82. The molecule has 2 rings (SSSR count). The number of hydrogen-bond acceptors (Lipinski definition) is 3. The first-order valence-electron chi connectivity index (χ1n) is 6.50. The van der Waals surface area contributed by atoms with E-state index in [0.717, 1.165) is 5.56 Å². The topological polar surface area (TPSA) is 84.2 Å². The van der Waals surface area contributed by atoms with E-state index in [9.17, 15) is 9.59 Å². The largest absolute Gasteiger partial charge is 0.399 e. The average Bonchev–Trinajstić information content (AvgIpc) is 2.39. The number of carbonyl (C=O) groups excluding carboxylic acids is 2. The summed E-state index contributed by atoms with van der Waals surface area (Å²) in [5.74, 6) is -0.361. The van der Waals surface area contributed by atoms with Gasteiger partial charge in [0.2, 0.25) is 5.91 Å². The van der Waals surface area contributed by atoms with Gasteiger partial charge < -0.3 is 16.4 Å². The number of amides is 2. The summed E-state index contributed by atoms with van der Waals surface area (Å²) in [5, 5.41) is 5.45. The quantitative estimate of drug-likeness (QED) is 0.757. The molecule has 0 heterocycles. The number of aryl methyl sites for hydroxylation is 1. The van der Waals surface area contributed by atoms with Crippen LogP contribution < -0.4 is 16.4 Å². The molecule has 108 valence electrons. The molecule has 0 atom stereocenters. The van der Waals surface area contributed by atoms with Gasteiger partial charge in [-0.1, -0.05) is 0 Å². The van der Waals surface area contributed by atoms with Gasteiger partial charge in [0, 0.05) is 29.5 Å². The van der Waals surface area contributed by atoms with Crippen LogP contribution >= 0.6 is 0 Å². The van der Waals surface area contributed by atoms with Crippen molar-refractivity contribution >= 4 is 28.9 Å². The van der Waals surface area contributed by atoms with Crippen molar-refractivity contribution in [2.75, 3.05) is 16.4 Å². The van der Waals surface area contributed by atoms with Crippen molar-refractivity contribution in [1.82, 2.24) is 0 Å². The minimum absolute atomic E-state index is 0.137. The van der Waals surface area contributed by atoms with Crippen molar-refractivity contribution in [3.63, 3.8) is 0 Å². The Balaban J connectivity index is 2.10. The van der Waals surface area contributed by atoms with Gasteiger partial charge in [0.25, 0.3) is 5.91 Å². The Morgan fingerprint density at radius 1 is 0.952 bits per heavy atom. The highest BCUT2D eigenvalue weighted by molar-refractivity contribution is 6.05. The van der Waals surface area contributed by atoms with Crippen molar-refractivity contribution in [3.05, 3.63) is 53.6 Å². The zero-order valence-electron chi connectivity index (χ0n) is 11.9. The standard InChI is InChI=1S/C16H17N3O2/c1-10-7-12(9-13(17)8-10)16(21)19-15-5-3-14(4-6-15)18-11(2)20/h3-9H,17H2,1-2H3,(H,18,20)(H,19,21). The first kappa shape index (κ1) is 14.6. The second-order valence-corrected chi connectivity index (χ2v) is 4.85. The Labute approximate surface area is 123 Å². The molecule has 0 aliphatic carbocycles.